The molecule has 3 aliphatic rings. The van der Waals surface area contributed by atoms with Crippen LogP contribution in [0.2, 0.25) is 0 Å². The molecule has 1 atom stereocenters. The second-order valence-electron chi connectivity index (χ2n) is 9.07. The van der Waals surface area contributed by atoms with Crippen LogP contribution in [0.25, 0.3) is 0 Å². The van der Waals surface area contributed by atoms with Crippen LogP contribution in [-0.4, -0.2) is 65.2 Å². The van der Waals surface area contributed by atoms with Gasteiger partial charge >= 0.3 is 0 Å². The molecule has 5 rings (SSSR count). The normalized spacial score (nSPS) is 22.1. The van der Waals surface area contributed by atoms with Crippen molar-refractivity contribution in [2.24, 2.45) is 11.8 Å². The number of hydrogen-bond acceptors (Lipinski definition) is 6. The van der Waals surface area contributed by atoms with Crippen LogP contribution in [0.15, 0.2) is 27.6 Å². The minimum absolute atomic E-state index is 0.0411. The number of benzene rings is 1. The molecule has 9 nitrogen and oxygen atoms in total. The SMILES string of the molecule is CN1CCc2c(nnn2CC(=O)Nc2ccc(Br)c(S(=O)(=O)N3CC[C@H](C4CC4)C3)c2)C1. The summed E-state index contributed by atoms with van der Waals surface area (Å²) >= 11 is 3.39. The van der Waals surface area contributed by atoms with Crippen LogP contribution >= 0.6 is 15.9 Å². The summed E-state index contributed by atoms with van der Waals surface area (Å²) in [6, 6.07) is 4.90. The number of hydrogen-bond donors (Lipinski definition) is 1. The highest BCUT2D eigenvalue weighted by atomic mass is 79.9. The molecule has 172 valence electrons. The van der Waals surface area contributed by atoms with Crippen molar-refractivity contribution in [3.8, 4) is 0 Å². The highest BCUT2D eigenvalue weighted by molar-refractivity contribution is 9.10. The van der Waals surface area contributed by atoms with E-state index >= 15 is 0 Å². The highest BCUT2D eigenvalue weighted by Crippen LogP contribution is 2.42. The van der Waals surface area contributed by atoms with Crippen molar-refractivity contribution in [1.29, 1.82) is 0 Å². The number of anilines is 1. The maximum absolute atomic E-state index is 13.3. The average Bonchev–Trinajstić information content (AvgIpc) is 3.34. The average molecular weight is 523 g/mol. The molecule has 1 aromatic heterocycles. The van der Waals surface area contributed by atoms with E-state index in [-0.39, 0.29) is 17.3 Å². The molecule has 1 aromatic carbocycles. The molecule has 0 radical (unpaired) electrons. The van der Waals surface area contributed by atoms with Crippen LogP contribution < -0.4 is 5.32 Å². The Morgan fingerprint density at radius 1 is 1.22 bits per heavy atom. The van der Waals surface area contributed by atoms with Crippen molar-refractivity contribution in [2.45, 2.75) is 43.7 Å². The molecule has 1 saturated carbocycles. The summed E-state index contributed by atoms with van der Waals surface area (Å²) in [5.41, 5.74) is 2.33. The van der Waals surface area contributed by atoms with E-state index in [9.17, 15) is 13.2 Å². The van der Waals surface area contributed by atoms with Gasteiger partial charge in [-0.25, -0.2) is 13.1 Å². The van der Waals surface area contributed by atoms with Crippen LogP contribution in [0.5, 0.6) is 0 Å². The lowest BCUT2D eigenvalue weighted by atomic mass is 10.0. The number of nitrogens with zero attached hydrogens (tertiary/aromatic N) is 5. The van der Waals surface area contributed by atoms with Crippen molar-refractivity contribution in [1.82, 2.24) is 24.2 Å². The molecule has 2 fully saturated rings. The summed E-state index contributed by atoms with van der Waals surface area (Å²) in [6.45, 7) is 2.80. The standard InChI is InChI=1S/C21H27BrN6O3S/c1-26-8-7-19-18(12-26)24-25-28(19)13-21(29)23-16-4-5-17(22)20(10-16)32(30,31)27-9-6-15(11-27)14-2-3-14/h4-5,10,14-15H,2-3,6-9,11-13H2,1H3,(H,23,29)/t15-/m0/s1. The number of carbonyl (C=O) groups is 1. The summed E-state index contributed by atoms with van der Waals surface area (Å²) in [6.07, 6.45) is 4.16. The van der Waals surface area contributed by atoms with Gasteiger partial charge in [0.25, 0.3) is 0 Å². The van der Waals surface area contributed by atoms with Gasteiger partial charge in [0.05, 0.1) is 16.3 Å². The summed E-state index contributed by atoms with van der Waals surface area (Å²) < 4.78 is 30.3. The first-order valence-corrected chi connectivity index (χ1v) is 13.2. The fraction of sp³-hybridized carbons (Fsp3) is 0.571. The third-order valence-electron chi connectivity index (χ3n) is 6.67. The van der Waals surface area contributed by atoms with Crippen LogP contribution in [0.1, 0.15) is 30.7 Å². The summed E-state index contributed by atoms with van der Waals surface area (Å²) in [4.78, 5) is 15.0. The van der Waals surface area contributed by atoms with Crippen LogP contribution in [0.4, 0.5) is 5.69 Å². The molecule has 11 heteroatoms. The minimum atomic E-state index is -3.63. The third-order valence-corrected chi connectivity index (χ3v) is 9.53. The summed E-state index contributed by atoms with van der Waals surface area (Å²) in [5.74, 6) is 0.893. The number of rotatable bonds is 6. The van der Waals surface area contributed by atoms with E-state index in [0.717, 1.165) is 37.3 Å². The largest absolute Gasteiger partial charge is 0.324 e. The molecule has 0 bridgehead atoms. The lowest BCUT2D eigenvalue weighted by molar-refractivity contribution is -0.117. The number of aromatic nitrogens is 3. The quantitative estimate of drug-likeness (QED) is 0.623. The van der Waals surface area contributed by atoms with Gasteiger partial charge in [-0.3, -0.25) is 4.79 Å². The molecule has 1 amide bonds. The van der Waals surface area contributed by atoms with Crippen molar-refractivity contribution in [2.75, 3.05) is 32.0 Å². The zero-order valence-electron chi connectivity index (χ0n) is 18.0. The van der Waals surface area contributed by atoms with Crippen LogP contribution in [0, 0.1) is 11.8 Å². The Bertz CT molecular complexity index is 1150. The topological polar surface area (TPSA) is 100 Å². The number of carbonyl (C=O) groups excluding carboxylic acids is 1. The maximum Gasteiger partial charge on any atom is 0.246 e. The Morgan fingerprint density at radius 2 is 2.03 bits per heavy atom. The van der Waals surface area contributed by atoms with Gasteiger partial charge in [0.1, 0.15) is 6.54 Å². The second-order valence-corrected chi connectivity index (χ2v) is 11.8. The first-order chi connectivity index (χ1) is 15.3. The molecule has 1 N–H and O–H groups in total. The molecule has 0 spiro atoms. The van der Waals surface area contributed by atoms with Crippen molar-refractivity contribution in [3.05, 3.63) is 34.1 Å². The number of fused-ring (bicyclic) bond motifs is 1. The Morgan fingerprint density at radius 3 is 2.81 bits per heavy atom. The zero-order chi connectivity index (χ0) is 22.5. The molecule has 2 aliphatic heterocycles. The zero-order valence-corrected chi connectivity index (χ0v) is 20.4. The fourth-order valence-electron chi connectivity index (χ4n) is 4.70. The number of amides is 1. The summed E-state index contributed by atoms with van der Waals surface area (Å²) in [7, 11) is -1.60. The minimum Gasteiger partial charge on any atom is -0.324 e. The Kier molecular flexibility index (Phi) is 5.85. The van der Waals surface area contributed by atoms with Gasteiger partial charge in [-0.15, -0.1) is 5.10 Å². The van der Waals surface area contributed by atoms with Gasteiger partial charge in [0.15, 0.2) is 0 Å². The lowest BCUT2D eigenvalue weighted by Gasteiger charge is -2.21. The fourth-order valence-corrected chi connectivity index (χ4v) is 7.16. The van der Waals surface area contributed by atoms with E-state index in [2.05, 4.69) is 36.5 Å². The van der Waals surface area contributed by atoms with E-state index in [4.69, 9.17) is 0 Å². The molecule has 3 heterocycles. The molecule has 32 heavy (non-hydrogen) atoms. The number of nitrogens with one attached hydrogen (secondary N) is 1. The molecule has 0 unspecified atom stereocenters. The molecule has 1 saturated heterocycles. The molecular formula is C21H27BrN6O3S. The highest BCUT2D eigenvalue weighted by Gasteiger charge is 2.40. The van der Waals surface area contributed by atoms with E-state index in [1.807, 2.05) is 7.05 Å². The van der Waals surface area contributed by atoms with Crippen molar-refractivity contribution in [3.63, 3.8) is 0 Å². The summed E-state index contributed by atoms with van der Waals surface area (Å²) in [5, 5.41) is 11.1. The Balaban J connectivity index is 1.29. The van der Waals surface area contributed by atoms with E-state index in [1.54, 1.807) is 21.1 Å². The predicted octanol–water partition coefficient (Wildman–Crippen LogP) is 2.09. The van der Waals surface area contributed by atoms with E-state index in [1.165, 1.54) is 18.9 Å². The smallest absolute Gasteiger partial charge is 0.246 e. The molecule has 2 aromatic rings. The van der Waals surface area contributed by atoms with Crippen molar-refractivity contribution < 1.29 is 13.2 Å². The molecular weight excluding hydrogens is 496 g/mol. The van der Waals surface area contributed by atoms with Gasteiger partial charge in [-0.1, -0.05) is 5.21 Å². The second kappa shape index (κ2) is 8.51. The predicted molar refractivity (Wildman–Crippen MR) is 122 cm³/mol. The lowest BCUT2D eigenvalue weighted by Crippen LogP contribution is -2.30. The van der Waals surface area contributed by atoms with E-state index < -0.39 is 10.0 Å². The van der Waals surface area contributed by atoms with Crippen LogP contribution in [0.3, 0.4) is 0 Å². The number of halogens is 1. The van der Waals surface area contributed by atoms with Crippen molar-refractivity contribution >= 4 is 37.5 Å². The van der Waals surface area contributed by atoms with Gasteiger partial charge in [-0.2, -0.15) is 4.31 Å². The Labute approximate surface area is 196 Å². The van der Waals surface area contributed by atoms with Crippen LogP contribution in [-0.2, 0) is 34.3 Å². The van der Waals surface area contributed by atoms with Gasteiger partial charge < -0.3 is 10.2 Å². The number of sulfonamides is 1. The van der Waals surface area contributed by atoms with Gasteiger partial charge in [0.2, 0.25) is 15.9 Å². The monoisotopic (exact) mass is 522 g/mol. The van der Waals surface area contributed by atoms with Gasteiger partial charge in [-0.05, 0) is 72.3 Å². The first-order valence-electron chi connectivity index (χ1n) is 11.0. The van der Waals surface area contributed by atoms with E-state index in [0.29, 0.717) is 35.1 Å². The Hall–Kier alpha value is -1.82. The first kappa shape index (κ1) is 22.0. The molecule has 1 aliphatic carbocycles. The maximum atomic E-state index is 13.3. The number of likely N-dealkylation sites (N-methyl/N-ethyl adjacent to an activating group) is 1. The van der Waals surface area contributed by atoms with Gasteiger partial charge in [0, 0.05) is 42.8 Å². The third kappa shape index (κ3) is 4.35.